The molecule has 4 aromatic rings. The Morgan fingerprint density at radius 2 is 2.03 bits per heavy atom. The van der Waals surface area contributed by atoms with Gasteiger partial charge in [-0.05, 0) is 37.3 Å². The summed E-state index contributed by atoms with van der Waals surface area (Å²) >= 11 is 7.56. The van der Waals surface area contributed by atoms with Crippen LogP contribution < -0.4 is 0 Å². The molecule has 0 saturated carbocycles. The molecule has 3 heterocycles. The summed E-state index contributed by atoms with van der Waals surface area (Å²) in [7, 11) is -0.304. The average Bonchev–Trinajstić information content (AvgIpc) is 3.44. The molecule has 0 fully saturated rings. The highest BCUT2D eigenvalue weighted by Crippen LogP contribution is 2.34. The molecule has 0 aliphatic heterocycles. The molecule has 0 unspecified atom stereocenters. The molecule has 0 amide bonds. The van der Waals surface area contributed by atoms with Crippen molar-refractivity contribution in [3.63, 3.8) is 0 Å². The summed E-state index contributed by atoms with van der Waals surface area (Å²) in [6.07, 6.45) is 1.53. The van der Waals surface area contributed by atoms with Crippen LogP contribution in [0.2, 0.25) is 5.02 Å². The zero-order valence-corrected chi connectivity index (χ0v) is 19.1. The molecular formula is C21H20ClN3O3S2. The number of furan rings is 1. The van der Waals surface area contributed by atoms with Gasteiger partial charge in [0.2, 0.25) is 10.0 Å². The molecule has 30 heavy (non-hydrogen) atoms. The monoisotopic (exact) mass is 461 g/mol. The van der Waals surface area contributed by atoms with E-state index in [4.69, 9.17) is 21.0 Å². The normalized spacial score (nSPS) is 12.0. The highest BCUT2D eigenvalue weighted by atomic mass is 35.5. The summed E-state index contributed by atoms with van der Waals surface area (Å²) in [6, 6.07) is 12.7. The number of benzene rings is 1. The van der Waals surface area contributed by atoms with E-state index >= 15 is 0 Å². The predicted molar refractivity (Wildman–Crippen MR) is 119 cm³/mol. The maximum absolute atomic E-state index is 13.2. The van der Waals surface area contributed by atoms with Crippen molar-refractivity contribution in [3.8, 4) is 22.0 Å². The fraction of sp³-hybridized carbons (Fsp3) is 0.190. The van der Waals surface area contributed by atoms with Gasteiger partial charge in [-0.25, -0.2) is 13.4 Å². The van der Waals surface area contributed by atoms with E-state index in [-0.39, 0.29) is 11.4 Å². The Bertz CT molecular complexity index is 1290. The Balaban J connectivity index is 1.68. The minimum absolute atomic E-state index is 0.162. The lowest BCUT2D eigenvalue weighted by atomic mass is 10.2. The van der Waals surface area contributed by atoms with Gasteiger partial charge in [0.25, 0.3) is 0 Å². The van der Waals surface area contributed by atoms with Gasteiger partial charge >= 0.3 is 0 Å². The third kappa shape index (κ3) is 3.83. The molecule has 156 valence electrons. The third-order valence-corrected chi connectivity index (χ3v) is 8.00. The Labute approximate surface area is 184 Å². The lowest BCUT2D eigenvalue weighted by Crippen LogP contribution is -2.26. The average molecular weight is 462 g/mol. The number of nitrogens with zero attached hydrogens (tertiary/aromatic N) is 3. The summed E-state index contributed by atoms with van der Waals surface area (Å²) in [4.78, 5) is 4.97. The van der Waals surface area contributed by atoms with Gasteiger partial charge in [-0.15, -0.1) is 11.3 Å². The molecule has 0 radical (unpaired) electrons. The predicted octanol–water partition coefficient (Wildman–Crippen LogP) is 5.19. The van der Waals surface area contributed by atoms with Crippen LogP contribution in [0, 0.1) is 6.92 Å². The third-order valence-electron chi connectivity index (χ3n) is 4.98. The second kappa shape index (κ2) is 8.03. The lowest BCUT2D eigenvalue weighted by molar-refractivity contribution is 0.406. The highest BCUT2D eigenvalue weighted by Gasteiger charge is 2.28. The van der Waals surface area contributed by atoms with Crippen LogP contribution in [-0.4, -0.2) is 29.3 Å². The minimum Gasteiger partial charge on any atom is -0.468 e. The van der Waals surface area contributed by atoms with Crippen molar-refractivity contribution in [2.45, 2.75) is 18.4 Å². The van der Waals surface area contributed by atoms with Gasteiger partial charge in [0.1, 0.15) is 15.7 Å². The van der Waals surface area contributed by atoms with Crippen LogP contribution in [0.5, 0.6) is 0 Å². The number of sulfonamides is 1. The summed E-state index contributed by atoms with van der Waals surface area (Å²) in [5, 5.41) is 3.33. The molecular weight excluding hydrogens is 442 g/mol. The van der Waals surface area contributed by atoms with Crippen LogP contribution in [0.25, 0.3) is 22.0 Å². The number of aromatic nitrogens is 2. The molecule has 0 atom stereocenters. The van der Waals surface area contributed by atoms with Crippen LogP contribution in [0.1, 0.15) is 11.5 Å². The Morgan fingerprint density at radius 3 is 2.73 bits per heavy atom. The van der Waals surface area contributed by atoms with Crippen molar-refractivity contribution >= 4 is 33.0 Å². The van der Waals surface area contributed by atoms with Crippen LogP contribution in [-0.2, 0) is 23.6 Å². The molecule has 1 aromatic carbocycles. The van der Waals surface area contributed by atoms with Crippen LogP contribution in [0.3, 0.4) is 0 Å². The van der Waals surface area contributed by atoms with Gasteiger partial charge in [0, 0.05) is 35.8 Å². The van der Waals surface area contributed by atoms with E-state index < -0.39 is 10.0 Å². The Kier molecular flexibility index (Phi) is 5.59. The molecule has 0 N–H and O–H groups in total. The molecule has 0 bridgehead atoms. The highest BCUT2D eigenvalue weighted by molar-refractivity contribution is 7.89. The smallest absolute Gasteiger partial charge is 0.245 e. The van der Waals surface area contributed by atoms with Gasteiger partial charge in [-0.1, -0.05) is 23.7 Å². The van der Waals surface area contributed by atoms with Crippen molar-refractivity contribution in [2.24, 2.45) is 7.05 Å². The van der Waals surface area contributed by atoms with E-state index in [0.29, 0.717) is 16.5 Å². The first-order chi connectivity index (χ1) is 14.3. The van der Waals surface area contributed by atoms with Gasteiger partial charge < -0.3 is 8.98 Å². The van der Waals surface area contributed by atoms with E-state index in [0.717, 1.165) is 22.0 Å². The lowest BCUT2D eigenvalue weighted by Gasteiger charge is -2.15. The fourth-order valence-corrected chi connectivity index (χ4v) is 5.66. The van der Waals surface area contributed by atoms with Gasteiger partial charge in [0.05, 0.1) is 24.2 Å². The van der Waals surface area contributed by atoms with Crippen molar-refractivity contribution < 1.29 is 12.8 Å². The van der Waals surface area contributed by atoms with Crippen LogP contribution in [0.15, 0.2) is 63.4 Å². The van der Waals surface area contributed by atoms with E-state index in [1.54, 1.807) is 32.2 Å². The SMILES string of the molecule is Cc1c(S(=O)(=O)N(C)Cc2ccco2)cc(-c2nc(-c3cccc(Cl)c3)cs2)n1C. The summed E-state index contributed by atoms with van der Waals surface area (Å²) in [6.45, 7) is 1.96. The first-order valence-corrected chi connectivity index (χ1v) is 11.8. The zero-order chi connectivity index (χ0) is 21.5. The largest absolute Gasteiger partial charge is 0.468 e. The van der Waals surface area contributed by atoms with Gasteiger partial charge in [-0.2, -0.15) is 4.31 Å². The van der Waals surface area contributed by atoms with Crippen molar-refractivity contribution in [1.82, 2.24) is 13.9 Å². The quantitative estimate of drug-likeness (QED) is 0.396. The number of hydrogen-bond donors (Lipinski definition) is 0. The van der Waals surface area contributed by atoms with Crippen LogP contribution in [0.4, 0.5) is 0 Å². The fourth-order valence-electron chi connectivity index (χ4n) is 3.18. The molecule has 3 aromatic heterocycles. The number of hydrogen-bond acceptors (Lipinski definition) is 5. The van der Waals surface area contributed by atoms with Crippen molar-refractivity contribution in [1.29, 1.82) is 0 Å². The second-order valence-electron chi connectivity index (χ2n) is 6.93. The number of halogens is 1. The summed E-state index contributed by atoms with van der Waals surface area (Å²) in [5.74, 6) is 0.584. The second-order valence-corrected chi connectivity index (χ2v) is 10.2. The molecule has 4 rings (SSSR count). The molecule has 0 saturated heterocycles. The molecule has 6 nitrogen and oxygen atoms in total. The maximum Gasteiger partial charge on any atom is 0.245 e. The van der Waals surface area contributed by atoms with Crippen molar-refractivity contribution in [3.05, 3.63) is 70.6 Å². The van der Waals surface area contributed by atoms with Crippen molar-refractivity contribution in [2.75, 3.05) is 7.05 Å². The first kappa shape index (κ1) is 20.9. The molecule has 0 spiro atoms. The number of rotatable bonds is 6. The van der Waals surface area contributed by atoms with Gasteiger partial charge in [-0.3, -0.25) is 0 Å². The van der Waals surface area contributed by atoms with Crippen LogP contribution >= 0.6 is 22.9 Å². The molecule has 0 aliphatic rings. The Hall–Kier alpha value is -2.39. The Morgan fingerprint density at radius 1 is 1.23 bits per heavy atom. The first-order valence-electron chi connectivity index (χ1n) is 9.14. The topological polar surface area (TPSA) is 68.3 Å². The van der Waals surface area contributed by atoms with Gasteiger partial charge in [0.15, 0.2) is 0 Å². The summed E-state index contributed by atoms with van der Waals surface area (Å²) < 4.78 is 34.8. The van der Waals surface area contributed by atoms with E-state index in [1.165, 1.54) is 21.9 Å². The van der Waals surface area contributed by atoms with E-state index in [2.05, 4.69) is 0 Å². The minimum atomic E-state index is -3.69. The van der Waals surface area contributed by atoms with E-state index in [1.807, 2.05) is 41.3 Å². The zero-order valence-electron chi connectivity index (χ0n) is 16.7. The summed E-state index contributed by atoms with van der Waals surface area (Å²) in [5.41, 5.74) is 3.12. The molecule has 0 aliphatic carbocycles. The number of thiazole rings is 1. The maximum atomic E-state index is 13.2. The van der Waals surface area contributed by atoms with E-state index in [9.17, 15) is 8.42 Å². The standard InChI is InChI=1S/C21H20ClN3O3S2/c1-14-20(30(26,27)24(2)12-17-8-5-9-28-17)11-19(25(14)3)21-23-18(13-29-21)15-6-4-7-16(22)10-15/h4-11,13H,12H2,1-3H3. The molecule has 9 heteroatoms.